The van der Waals surface area contributed by atoms with Gasteiger partial charge in [0.1, 0.15) is 11.9 Å². The van der Waals surface area contributed by atoms with Gasteiger partial charge in [-0.25, -0.2) is 0 Å². The van der Waals surface area contributed by atoms with E-state index in [0.717, 1.165) is 30.4 Å². The van der Waals surface area contributed by atoms with E-state index in [1.54, 1.807) is 18.2 Å². The van der Waals surface area contributed by atoms with Gasteiger partial charge in [-0.3, -0.25) is 4.79 Å². The van der Waals surface area contributed by atoms with Gasteiger partial charge in [0.05, 0.1) is 23.8 Å². The Bertz CT molecular complexity index is 838. The predicted octanol–water partition coefficient (Wildman–Crippen LogP) is 4.07. The number of halogens is 1. The van der Waals surface area contributed by atoms with Crippen LogP contribution in [0.3, 0.4) is 0 Å². The molecule has 0 radical (unpaired) electrons. The minimum Gasteiger partial charge on any atom is -0.494 e. The number of aliphatic hydroxyl groups is 1. The Morgan fingerprint density at radius 2 is 2.13 bits per heavy atom. The Morgan fingerprint density at radius 1 is 1.30 bits per heavy atom. The maximum Gasteiger partial charge on any atom is 0.253 e. The maximum atomic E-state index is 12.5. The van der Waals surface area contributed by atoms with E-state index in [9.17, 15) is 9.90 Å². The Kier molecular flexibility index (Phi) is 8.51. The van der Waals surface area contributed by atoms with Crippen LogP contribution in [0.15, 0.2) is 42.5 Å². The standard InChI is InChI=1S/C23H28ClNO5/c1-2-10-28-18-8-9-19(20(24)13-18)22(26)25-14-16-5-3-6-17(12-16)15-30-23(27)21-7-4-11-29-21/h3,5-6,8-9,12-13,21,23,27H,2,4,7,10-11,14-15H2,1H3,(H,25,26). The Balaban J connectivity index is 1.51. The molecule has 2 aromatic carbocycles. The smallest absolute Gasteiger partial charge is 0.253 e. The molecule has 2 atom stereocenters. The average Bonchev–Trinajstić information content (AvgIpc) is 3.30. The van der Waals surface area contributed by atoms with Gasteiger partial charge in [-0.2, -0.15) is 0 Å². The zero-order valence-corrected chi connectivity index (χ0v) is 17.9. The molecule has 1 amide bonds. The van der Waals surface area contributed by atoms with Gasteiger partial charge in [0.25, 0.3) is 5.91 Å². The minimum atomic E-state index is -0.928. The molecule has 2 unspecified atom stereocenters. The second-order valence-electron chi connectivity index (χ2n) is 7.25. The Morgan fingerprint density at radius 3 is 2.87 bits per heavy atom. The molecule has 0 spiro atoms. The van der Waals surface area contributed by atoms with Crippen molar-refractivity contribution in [1.29, 1.82) is 0 Å². The number of aliphatic hydroxyl groups excluding tert-OH is 1. The number of benzene rings is 2. The Labute approximate surface area is 182 Å². The molecule has 30 heavy (non-hydrogen) atoms. The number of ether oxygens (including phenoxy) is 3. The normalized spacial score (nSPS) is 17.0. The van der Waals surface area contributed by atoms with E-state index in [2.05, 4.69) is 5.32 Å². The van der Waals surface area contributed by atoms with Crippen molar-refractivity contribution in [2.45, 2.75) is 51.7 Å². The number of amides is 1. The number of hydrogen-bond donors (Lipinski definition) is 2. The van der Waals surface area contributed by atoms with Gasteiger partial charge in [0.2, 0.25) is 0 Å². The van der Waals surface area contributed by atoms with E-state index in [0.29, 0.717) is 36.1 Å². The second-order valence-corrected chi connectivity index (χ2v) is 7.65. The fourth-order valence-electron chi connectivity index (χ4n) is 3.21. The van der Waals surface area contributed by atoms with Gasteiger partial charge in [-0.05, 0) is 48.6 Å². The number of carbonyl (C=O) groups is 1. The third-order valence-electron chi connectivity index (χ3n) is 4.81. The minimum absolute atomic E-state index is 0.252. The van der Waals surface area contributed by atoms with Gasteiger partial charge >= 0.3 is 0 Å². The van der Waals surface area contributed by atoms with Crippen LogP contribution in [0.2, 0.25) is 5.02 Å². The lowest BCUT2D eigenvalue weighted by molar-refractivity contribution is -0.171. The van der Waals surface area contributed by atoms with Crippen molar-refractivity contribution in [2.24, 2.45) is 0 Å². The molecule has 7 heteroatoms. The number of carbonyl (C=O) groups excluding carboxylic acids is 1. The van der Waals surface area contributed by atoms with Crippen molar-refractivity contribution >= 4 is 17.5 Å². The molecule has 0 aliphatic carbocycles. The molecule has 2 N–H and O–H groups in total. The third kappa shape index (κ3) is 6.44. The molecule has 0 saturated carbocycles. The highest BCUT2D eigenvalue weighted by molar-refractivity contribution is 6.34. The summed E-state index contributed by atoms with van der Waals surface area (Å²) >= 11 is 6.24. The molecular formula is C23H28ClNO5. The van der Waals surface area contributed by atoms with E-state index in [1.165, 1.54) is 0 Å². The van der Waals surface area contributed by atoms with Gasteiger partial charge in [-0.15, -0.1) is 0 Å². The van der Waals surface area contributed by atoms with E-state index in [1.807, 2.05) is 31.2 Å². The molecule has 0 bridgehead atoms. The first-order chi connectivity index (χ1) is 14.6. The van der Waals surface area contributed by atoms with Gasteiger partial charge in [0, 0.05) is 13.2 Å². The zero-order chi connectivity index (χ0) is 21.3. The lowest BCUT2D eigenvalue weighted by Crippen LogP contribution is -2.27. The topological polar surface area (TPSA) is 77.0 Å². The highest BCUT2D eigenvalue weighted by Crippen LogP contribution is 2.23. The van der Waals surface area contributed by atoms with Crippen molar-refractivity contribution in [1.82, 2.24) is 5.32 Å². The Hall–Kier alpha value is -2.12. The summed E-state index contributed by atoms with van der Waals surface area (Å²) in [6.45, 7) is 3.92. The van der Waals surface area contributed by atoms with Crippen LogP contribution in [0.4, 0.5) is 0 Å². The summed E-state index contributed by atoms with van der Waals surface area (Å²) in [7, 11) is 0. The summed E-state index contributed by atoms with van der Waals surface area (Å²) < 4.78 is 16.5. The SMILES string of the molecule is CCCOc1ccc(C(=O)NCc2cccc(COC(O)C3CCCO3)c2)c(Cl)c1. The van der Waals surface area contributed by atoms with Crippen molar-refractivity contribution in [3.63, 3.8) is 0 Å². The highest BCUT2D eigenvalue weighted by atomic mass is 35.5. The summed E-state index contributed by atoms with van der Waals surface area (Å²) in [5, 5.41) is 13.3. The highest BCUT2D eigenvalue weighted by Gasteiger charge is 2.24. The zero-order valence-electron chi connectivity index (χ0n) is 17.1. The van der Waals surface area contributed by atoms with E-state index in [-0.39, 0.29) is 18.6 Å². The first-order valence-electron chi connectivity index (χ1n) is 10.3. The van der Waals surface area contributed by atoms with E-state index < -0.39 is 6.29 Å². The fourth-order valence-corrected chi connectivity index (χ4v) is 3.47. The molecule has 162 valence electrons. The summed E-state index contributed by atoms with van der Waals surface area (Å²) in [5.74, 6) is 0.397. The third-order valence-corrected chi connectivity index (χ3v) is 5.12. The molecule has 2 aromatic rings. The molecule has 6 nitrogen and oxygen atoms in total. The quantitative estimate of drug-likeness (QED) is 0.552. The van der Waals surface area contributed by atoms with Crippen molar-refractivity contribution < 1.29 is 24.1 Å². The molecule has 1 fully saturated rings. The first kappa shape index (κ1) is 22.6. The number of hydrogen-bond acceptors (Lipinski definition) is 5. The van der Waals surface area contributed by atoms with Crippen LogP contribution >= 0.6 is 11.6 Å². The summed E-state index contributed by atoms with van der Waals surface area (Å²) in [5.41, 5.74) is 2.24. The molecule has 1 heterocycles. The molecule has 1 saturated heterocycles. The molecule has 1 aliphatic heterocycles. The summed E-state index contributed by atoms with van der Waals surface area (Å²) in [6, 6.07) is 12.7. The largest absolute Gasteiger partial charge is 0.494 e. The monoisotopic (exact) mass is 433 g/mol. The van der Waals surface area contributed by atoms with Gasteiger partial charge in [-0.1, -0.05) is 42.8 Å². The summed E-state index contributed by atoms with van der Waals surface area (Å²) in [4.78, 5) is 12.5. The van der Waals surface area contributed by atoms with Gasteiger partial charge < -0.3 is 24.6 Å². The van der Waals surface area contributed by atoms with Crippen LogP contribution in [0.1, 0.15) is 47.7 Å². The van der Waals surface area contributed by atoms with Gasteiger partial charge in [0.15, 0.2) is 6.29 Å². The van der Waals surface area contributed by atoms with Crippen molar-refractivity contribution in [3.05, 3.63) is 64.2 Å². The fraction of sp³-hybridized carbons (Fsp3) is 0.435. The molecule has 3 rings (SSSR count). The lowest BCUT2D eigenvalue weighted by atomic mass is 10.1. The lowest BCUT2D eigenvalue weighted by Gasteiger charge is -2.18. The van der Waals surface area contributed by atoms with Crippen LogP contribution in [0.5, 0.6) is 5.75 Å². The van der Waals surface area contributed by atoms with Crippen LogP contribution in [0.25, 0.3) is 0 Å². The molecule has 0 aromatic heterocycles. The number of rotatable bonds is 10. The van der Waals surface area contributed by atoms with Crippen LogP contribution in [-0.4, -0.2) is 36.6 Å². The average molecular weight is 434 g/mol. The predicted molar refractivity (Wildman–Crippen MR) is 115 cm³/mol. The number of nitrogens with one attached hydrogen (secondary N) is 1. The molecule has 1 aliphatic rings. The first-order valence-corrected chi connectivity index (χ1v) is 10.6. The van der Waals surface area contributed by atoms with Crippen molar-refractivity contribution in [3.8, 4) is 5.75 Å². The van der Waals surface area contributed by atoms with Crippen LogP contribution in [-0.2, 0) is 22.6 Å². The summed E-state index contributed by atoms with van der Waals surface area (Å²) in [6.07, 6.45) is 1.47. The van der Waals surface area contributed by atoms with Crippen molar-refractivity contribution in [2.75, 3.05) is 13.2 Å². The molecular weight excluding hydrogens is 406 g/mol. The van der Waals surface area contributed by atoms with Crippen LogP contribution in [0, 0.1) is 0 Å². The van der Waals surface area contributed by atoms with E-state index >= 15 is 0 Å². The second kappa shape index (κ2) is 11.3. The maximum absolute atomic E-state index is 12.5. The van der Waals surface area contributed by atoms with Crippen LogP contribution < -0.4 is 10.1 Å². The van der Waals surface area contributed by atoms with E-state index in [4.69, 9.17) is 25.8 Å².